The lowest BCUT2D eigenvalue weighted by molar-refractivity contribution is -0.111. The average Bonchev–Trinajstić information content (AvgIpc) is 2.97. The van der Waals surface area contributed by atoms with Crippen molar-refractivity contribution >= 4 is 57.5 Å². The molecule has 1 amide bonds. The summed E-state index contributed by atoms with van der Waals surface area (Å²) < 4.78 is 31.4. The summed E-state index contributed by atoms with van der Waals surface area (Å²) in [5, 5.41) is 6.94. The van der Waals surface area contributed by atoms with Gasteiger partial charge in [0.25, 0.3) is 0 Å². The molecule has 2 heterocycles. The third-order valence-electron chi connectivity index (χ3n) is 6.72. The van der Waals surface area contributed by atoms with Crippen LogP contribution in [0.25, 0.3) is 10.9 Å². The highest BCUT2D eigenvalue weighted by atomic mass is 79.9. The molecule has 1 atom stereocenters. The summed E-state index contributed by atoms with van der Waals surface area (Å²) >= 11 is 3.50. The summed E-state index contributed by atoms with van der Waals surface area (Å²) in [4.78, 5) is 25.7. The smallest absolute Gasteiger partial charge is 0.344 e. The number of halogens is 1. The molecule has 0 spiro atoms. The van der Waals surface area contributed by atoms with Crippen molar-refractivity contribution in [2.75, 3.05) is 56.3 Å². The first kappa shape index (κ1) is 32.1. The van der Waals surface area contributed by atoms with Gasteiger partial charge in [0.2, 0.25) is 5.91 Å². The van der Waals surface area contributed by atoms with Crippen LogP contribution in [0, 0.1) is 0 Å². The van der Waals surface area contributed by atoms with E-state index in [2.05, 4.69) is 59.8 Å². The molecule has 3 aromatic rings. The second kappa shape index (κ2) is 15.0. The molecule has 1 aliphatic rings. The van der Waals surface area contributed by atoms with Gasteiger partial charge in [-0.2, -0.15) is 0 Å². The van der Waals surface area contributed by atoms with E-state index in [1.807, 2.05) is 50.2 Å². The lowest BCUT2D eigenvalue weighted by atomic mass is 10.1. The van der Waals surface area contributed by atoms with Crippen LogP contribution in [0.5, 0.6) is 5.75 Å². The monoisotopic (exact) mass is 660 g/mol. The number of rotatable bonds is 14. The van der Waals surface area contributed by atoms with E-state index in [0.717, 1.165) is 15.5 Å². The standard InChI is InChI=1S/C29H38BrN6O5P/c1-5-27(37)34-25-17-23-24(31-19-32-29(23)33-22-11-9-10-21(30)16-22)18-26(25)41-28(6-2)36-14-12-35(13-15-36)20-42(38,39-7-3)40-8-4/h5,9-11,16-19,28H,1,6-8,12-15,20H2,2-4H3,(H,34,37)(H,31,32,33). The first-order chi connectivity index (χ1) is 20.3. The van der Waals surface area contributed by atoms with E-state index in [-0.39, 0.29) is 18.4 Å². The van der Waals surface area contributed by atoms with Gasteiger partial charge < -0.3 is 24.4 Å². The Morgan fingerprint density at radius 1 is 1.12 bits per heavy atom. The van der Waals surface area contributed by atoms with E-state index in [1.165, 1.54) is 12.4 Å². The van der Waals surface area contributed by atoms with Crippen LogP contribution < -0.4 is 15.4 Å². The fourth-order valence-electron chi connectivity index (χ4n) is 4.78. The van der Waals surface area contributed by atoms with Crippen molar-refractivity contribution in [1.29, 1.82) is 0 Å². The van der Waals surface area contributed by atoms with Crippen LogP contribution in [0.4, 0.5) is 17.2 Å². The van der Waals surface area contributed by atoms with Crippen molar-refractivity contribution in [3.05, 3.63) is 59.9 Å². The van der Waals surface area contributed by atoms with Crippen LogP contribution in [-0.2, 0) is 18.4 Å². The zero-order valence-corrected chi connectivity index (χ0v) is 26.7. The van der Waals surface area contributed by atoms with Crippen LogP contribution in [-0.4, -0.2) is 77.6 Å². The number of hydrogen-bond acceptors (Lipinski definition) is 10. The third-order valence-corrected chi connectivity index (χ3v) is 9.26. The van der Waals surface area contributed by atoms with Crippen LogP contribution in [0.1, 0.15) is 27.2 Å². The fraction of sp³-hybridized carbons (Fsp3) is 0.414. The van der Waals surface area contributed by atoms with Gasteiger partial charge in [-0.3, -0.25) is 19.2 Å². The van der Waals surface area contributed by atoms with Crippen molar-refractivity contribution in [2.45, 2.75) is 33.4 Å². The number of amides is 1. The number of nitrogens with one attached hydrogen (secondary N) is 2. The average molecular weight is 662 g/mol. The third kappa shape index (κ3) is 8.37. The van der Waals surface area contributed by atoms with Crippen LogP contribution >= 0.6 is 23.5 Å². The predicted molar refractivity (Wildman–Crippen MR) is 169 cm³/mol. The number of nitrogens with zero attached hydrogens (tertiary/aromatic N) is 4. The van der Waals surface area contributed by atoms with Gasteiger partial charge in [-0.25, -0.2) is 9.97 Å². The Morgan fingerprint density at radius 2 is 1.86 bits per heavy atom. The van der Waals surface area contributed by atoms with Crippen LogP contribution in [0.2, 0.25) is 0 Å². The number of aromatic nitrogens is 2. The SMILES string of the molecule is C=CC(=O)Nc1cc2c(Nc3cccc(Br)c3)ncnc2cc1OC(CC)N1CCN(CP(=O)(OCC)OCC)CC1. The Kier molecular flexibility index (Phi) is 11.5. The highest BCUT2D eigenvalue weighted by Gasteiger charge is 2.31. The largest absolute Gasteiger partial charge is 0.473 e. The minimum Gasteiger partial charge on any atom is -0.473 e. The van der Waals surface area contributed by atoms with Gasteiger partial charge in [-0.05, 0) is 50.6 Å². The highest BCUT2D eigenvalue weighted by Crippen LogP contribution is 2.48. The van der Waals surface area contributed by atoms with Gasteiger partial charge in [-0.15, -0.1) is 0 Å². The minimum atomic E-state index is -3.16. The topological polar surface area (TPSA) is 118 Å². The maximum Gasteiger partial charge on any atom is 0.344 e. The van der Waals surface area contributed by atoms with Crippen molar-refractivity contribution in [3.63, 3.8) is 0 Å². The lowest BCUT2D eigenvalue weighted by Crippen LogP contribution is -2.52. The molecular weight excluding hydrogens is 623 g/mol. The predicted octanol–water partition coefficient (Wildman–Crippen LogP) is 6.22. The zero-order chi connectivity index (χ0) is 30.1. The first-order valence-electron chi connectivity index (χ1n) is 14.0. The summed E-state index contributed by atoms with van der Waals surface area (Å²) in [5.74, 6) is 0.738. The molecule has 1 saturated heterocycles. The quantitative estimate of drug-likeness (QED) is 0.152. The molecule has 0 aliphatic carbocycles. The molecule has 1 unspecified atom stereocenters. The minimum absolute atomic E-state index is 0.254. The highest BCUT2D eigenvalue weighted by molar-refractivity contribution is 9.10. The number of carbonyl (C=O) groups is 1. The molecule has 1 aromatic heterocycles. The maximum atomic E-state index is 13.0. The van der Waals surface area contributed by atoms with Crippen molar-refractivity contribution in [2.24, 2.45) is 0 Å². The molecular formula is C29H38BrN6O5P. The van der Waals surface area contributed by atoms with Crippen molar-refractivity contribution in [3.8, 4) is 5.75 Å². The van der Waals surface area contributed by atoms with Crippen LogP contribution in [0.15, 0.2) is 59.9 Å². The number of fused-ring (bicyclic) bond motifs is 1. The Morgan fingerprint density at radius 3 is 2.50 bits per heavy atom. The van der Waals surface area contributed by atoms with E-state index in [4.69, 9.17) is 13.8 Å². The molecule has 13 heteroatoms. The molecule has 2 aromatic carbocycles. The van der Waals surface area contributed by atoms with E-state index >= 15 is 0 Å². The molecule has 0 saturated carbocycles. The maximum absolute atomic E-state index is 13.0. The molecule has 11 nitrogen and oxygen atoms in total. The second-order valence-corrected chi connectivity index (χ2v) is 12.6. The van der Waals surface area contributed by atoms with Crippen molar-refractivity contribution in [1.82, 2.24) is 19.8 Å². The number of benzene rings is 2. The van der Waals surface area contributed by atoms with Gasteiger partial charge in [0.05, 0.1) is 24.4 Å². The number of piperazine rings is 1. The summed E-state index contributed by atoms with van der Waals surface area (Å²) in [6, 6.07) is 11.4. The van der Waals surface area contributed by atoms with Gasteiger partial charge in [-0.1, -0.05) is 35.5 Å². The summed E-state index contributed by atoms with van der Waals surface area (Å²) in [5.41, 5.74) is 2.01. The fourth-order valence-corrected chi connectivity index (χ4v) is 6.97. The normalized spacial score (nSPS) is 15.3. The van der Waals surface area contributed by atoms with Gasteiger partial charge in [0.1, 0.15) is 24.2 Å². The summed E-state index contributed by atoms with van der Waals surface area (Å²) in [6.07, 6.45) is 3.43. The Labute approximate surface area is 255 Å². The van der Waals surface area contributed by atoms with Gasteiger partial charge in [0.15, 0.2) is 6.23 Å². The number of carbonyl (C=O) groups excluding carboxylic acids is 1. The van der Waals surface area contributed by atoms with Crippen molar-refractivity contribution < 1.29 is 23.1 Å². The van der Waals surface area contributed by atoms with Crippen LogP contribution in [0.3, 0.4) is 0 Å². The number of anilines is 3. The van der Waals surface area contributed by atoms with Gasteiger partial charge in [0, 0.05) is 47.8 Å². The van der Waals surface area contributed by atoms with Gasteiger partial charge >= 0.3 is 7.60 Å². The van der Waals surface area contributed by atoms with E-state index in [1.54, 1.807) is 0 Å². The Balaban J connectivity index is 1.54. The summed E-state index contributed by atoms with van der Waals surface area (Å²) in [6.45, 7) is 12.8. The molecule has 226 valence electrons. The molecule has 0 bridgehead atoms. The Bertz CT molecular complexity index is 1420. The second-order valence-electron chi connectivity index (χ2n) is 9.64. The lowest BCUT2D eigenvalue weighted by Gasteiger charge is -2.39. The molecule has 2 N–H and O–H groups in total. The van der Waals surface area contributed by atoms with E-state index in [9.17, 15) is 9.36 Å². The molecule has 0 radical (unpaired) electrons. The zero-order valence-electron chi connectivity index (χ0n) is 24.2. The molecule has 1 fully saturated rings. The summed E-state index contributed by atoms with van der Waals surface area (Å²) in [7, 11) is -3.16. The molecule has 4 rings (SSSR count). The number of hydrogen-bond donors (Lipinski definition) is 2. The van der Waals surface area contributed by atoms with E-state index in [0.29, 0.717) is 68.6 Å². The van der Waals surface area contributed by atoms with E-state index < -0.39 is 7.60 Å². The molecule has 1 aliphatic heterocycles. The first-order valence-corrected chi connectivity index (χ1v) is 16.6. The molecule has 42 heavy (non-hydrogen) atoms. The number of ether oxygens (including phenoxy) is 1. The Hall–Kier alpha value is -2.86.